The number of aryl methyl sites for hydroxylation is 2. The van der Waals surface area contributed by atoms with E-state index in [0.717, 1.165) is 20.5 Å². The van der Waals surface area contributed by atoms with Crippen LogP contribution in [0, 0.1) is 13.8 Å². The Morgan fingerprint density at radius 1 is 1.24 bits per heavy atom. The molecule has 0 aliphatic carbocycles. The van der Waals surface area contributed by atoms with E-state index >= 15 is 0 Å². The van der Waals surface area contributed by atoms with Crippen LogP contribution >= 0.6 is 27.3 Å². The van der Waals surface area contributed by atoms with Crippen molar-refractivity contribution in [1.29, 1.82) is 0 Å². The minimum Gasteiger partial charge on any atom is -0.315 e. The molecule has 21 heavy (non-hydrogen) atoms. The third-order valence-electron chi connectivity index (χ3n) is 2.97. The zero-order chi connectivity index (χ0) is 15.6. The molecule has 1 aromatic heterocycles. The van der Waals surface area contributed by atoms with Crippen LogP contribution in [0.2, 0.25) is 0 Å². The molecule has 2 N–H and O–H groups in total. The van der Waals surface area contributed by atoms with Crippen molar-refractivity contribution in [3.05, 3.63) is 44.7 Å². The van der Waals surface area contributed by atoms with Gasteiger partial charge < -0.3 is 5.32 Å². The van der Waals surface area contributed by atoms with Crippen molar-refractivity contribution in [1.82, 2.24) is 5.32 Å². The van der Waals surface area contributed by atoms with Crippen molar-refractivity contribution in [3.63, 3.8) is 0 Å². The second-order valence-electron chi connectivity index (χ2n) is 4.79. The van der Waals surface area contributed by atoms with Gasteiger partial charge in [-0.1, -0.05) is 6.07 Å². The quantitative estimate of drug-likeness (QED) is 0.821. The van der Waals surface area contributed by atoms with E-state index in [1.807, 2.05) is 33.0 Å². The topological polar surface area (TPSA) is 58.2 Å². The normalized spacial score (nSPS) is 11.6. The first-order valence-corrected chi connectivity index (χ1v) is 9.45. The molecular weight excluding hydrogens is 372 g/mol. The summed E-state index contributed by atoms with van der Waals surface area (Å²) in [5.41, 5.74) is 2.59. The Hall–Kier alpha value is -0.890. The molecule has 1 aromatic carbocycles. The molecule has 0 aliphatic rings. The molecule has 0 spiro atoms. The van der Waals surface area contributed by atoms with Crippen LogP contribution in [0.5, 0.6) is 0 Å². The Morgan fingerprint density at radius 2 is 1.95 bits per heavy atom. The predicted octanol–water partition coefficient (Wildman–Crippen LogP) is 3.65. The first-order chi connectivity index (χ1) is 9.83. The van der Waals surface area contributed by atoms with Crippen LogP contribution in [-0.4, -0.2) is 15.5 Å². The van der Waals surface area contributed by atoms with Crippen molar-refractivity contribution < 1.29 is 8.42 Å². The Labute approximate surface area is 137 Å². The first-order valence-electron chi connectivity index (χ1n) is 6.36. The van der Waals surface area contributed by atoms with Gasteiger partial charge in [0.15, 0.2) is 0 Å². The summed E-state index contributed by atoms with van der Waals surface area (Å²) in [6.07, 6.45) is 0. The molecule has 1 heterocycles. The van der Waals surface area contributed by atoms with E-state index in [0.29, 0.717) is 16.4 Å². The van der Waals surface area contributed by atoms with Gasteiger partial charge in [0.1, 0.15) is 4.21 Å². The molecule has 0 atom stereocenters. The molecule has 2 rings (SSSR count). The summed E-state index contributed by atoms with van der Waals surface area (Å²) >= 11 is 4.67. The maximum atomic E-state index is 12.5. The van der Waals surface area contributed by atoms with Gasteiger partial charge in [-0.15, -0.1) is 11.3 Å². The van der Waals surface area contributed by atoms with Crippen molar-refractivity contribution >= 4 is 43.0 Å². The minimum absolute atomic E-state index is 0.331. The summed E-state index contributed by atoms with van der Waals surface area (Å²) in [5, 5.41) is 3.04. The van der Waals surface area contributed by atoms with Crippen LogP contribution < -0.4 is 10.0 Å². The molecule has 0 saturated carbocycles. The number of halogens is 1. The minimum atomic E-state index is -3.56. The fourth-order valence-corrected chi connectivity index (χ4v) is 5.26. The van der Waals surface area contributed by atoms with Crippen molar-refractivity contribution in [2.75, 3.05) is 11.8 Å². The number of anilines is 1. The van der Waals surface area contributed by atoms with Gasteiger partial charge in [0.05, 0.1) is 5.69 Å². The molecule has 4 nitrogen and oxygen atoms in total. The van der Waals surface area contributed by atoms with E-state index < -0.39 is 10.0 Å². The van der Waals surface area contributed by atoms with E-state index in [1.165, 1.54) is 11.3 Å². The van der Waals surface area contributed by atoms with E-state index in [2.05, 4.69) is 26.0 Å². The standard InChI is InChI=1S/C14H17BrN2O2S2/c1-9-4-5-12(11(15)6-9)17-21(18,19)14-7-10(2)13(20-14)8-16-3/h4-7,16-17H,8H2,1-3H3. The van der Waals surface area contributed by atoms with Crippen molar-refractivity contribution in [3.8, 4) is 0 Å². The van der Waals surface area contributed by atoms with Crippen LogP contribution in [0.15, 0.2) is 32.9 Å². The highest BCUT2D eigenvalue weighted by Crippen LogP contribution is 2.30. The lowest BCUT2D eigenvalue weighted by Gasteiger charge is -2.08. The zero-order valence-corrected chi connectivity index (χ0v) is 15.2. The summed E-state index contributed by atoms with van der Waals surface area (Å²) in [6.45, 7) is 4.54. The van der Waals surface area contributed by atoms with Crippen LogP contribution in [0.25, 0.3) is 0 Å². The number of rotatable bonds is 5. The Morgan fingerprint density at radius 3 is 2.57 bits per heavy atom. The number of hydrogen-bond donors (Lipinski definition) is 2. The zero-order valence-electron chi connectivity index (χ0n) is 12.0. The second-order valence-corrected chi connectivity index (χ2v) is 8.69. The molecule has 7 heteroatoms. The summed E-state index contributed by atoms with van der Waals surface area (Å²) < 4.78 is 28.6. The smallest absolute Gasteiger partial charge is 0.271 e. The Bertz CT molecular complexity index is 754. The van der Waals surface area contributed by atoms with E-state index in [4.69, 9.17) is 0 Å². The molecule has 0 unspecified atom stereocenters. The largest absolute Gasteiger partial charge is 0.315 e. The lowest BCUT2D eigenvalue weighted by molar-refractivity contribution is 0.603. The number of thiophene rings is 1. The fraction of sp³-hybridized carbons (Fsp3) is 0.286. The van der Waals surface area contributed by atoms with Crippen LogP contribution in [0.3, 0.4) is 0 Å². The molecule has 114 valence electrons. The molecule has 0 aliphatic heterocycles. The Kier molecular flexibility index (Phi) is 5.08. The lowest BCUT2D eigenvalue weighted by Crippen LogP contribution is -2.12. The van der Waals surface area contributed by atoms with Crippen LogP contribution in [0.1, 0.15) is 16.0 Å². The van der Waals surface area contributed by atoms with Crippen molar-refractivity contribution in [2.24, 2.45) is 0 Å². The predicted molar refractivity (Wildman–Crippen MR) is 91.5 cm³/mol. The molecule has 0 fully saturated rings. The maximum absolute atomic E-state index is 12.5. The summed E-state index contributed by atoms with van der Waals surface area (Å²) in [5.74, 6) is 0. The fourth-order valence-electron chi connectivity index (χ4n) is 1.86. The third-order valence-corrected chi connectivity index (χ3v) is 6.70. The average molecular weight is 389 g/mol. The number of benzene rings is 1. The second kappa shape index (κ2) is 6.48. The van der Waals surface area contributed by atoms with Gasteiger partial charge in [0, 0.05) is 15.9 Å². The summed E-state index contributed by atoms with van der Waals surface area (Å²) in [7, 11) is -1.72. The van der Waals surface area contributed by atoms with Gasteiger partial charge in [-0.25, -0.2) is 8.42 Å². The van der Waals surface area contributed by atoms with Gasteiger partial charge in [0.25, 0.3) is 10.0 Å². The van der Waals surface area contributed by atoms with Gasteiger partial charge >= 0.3 is 0 Å². The van der Waals surface area contributed by atoms with E-state index in [9.17, 15) is 8.42 Å². The van der Waals surface area contributed by atoms with Gasteiger partial charge in [-0.2, -0.15) is 0 Å². The lowest BCUT2D eigenvalue weighted by atomic mass is 10.2. The summed E-state index contributed by atoms with van der Waals surface area (Å²) in [4.78, 5) is 1.03. The highest BCUT2D eigenvalue weighted by Gasteiger charge is 2.19. The SMILES string of the molecule is CNCc1sc(S(=O)(=O)Nc2ccc(C)cc2Br)cc1C. The van der Waals surface area contributed by atoms with E-state index in [-0.39, 0.29) is 0 Å². The van der Waals surface area contributed by atoms with Crippen LogP contribution in [-0.2, 0) is 16.6 Å². The van der Waals surface area contributed by atoms with Gasteiger partial charge in [0.2, 0.25) is 0 Å². The number of nitrogens with one attached hydrogen (secondary N) is 2. The number of sulfonamides is 1. The molecule has 0 amide bonds. The monoisotopic (exact) mass is 388 g/mol. The van der Waals surface area contributed by atoms with Gasteiger partial charge in [-0.3, -0.25) is 4.72 Å². The van der Waals surface area contributed by atoms with E-state index in [1.54, 1.807) is 12.1 Å². The first kappa shape index (κ1) is 16.5. The van der Waals surface area contributed by atoms with Crippen molar-refractivity contribution in [2.45, 2.75) is 24.6 Å². The molecular formula is C14H17BrN2O2S2. The maximum Gasteiger partial charge on any atom is 0.271 e. The highest BCUT2D eigenvalue weighted by atomic mass is 79.9. The summed E-state index contributed by atoms with van der Waals surface area (Å²) in [6, 6.07) is 7.21. The average Bonchev–Trinajstić information content (AvgIpc) is 2.76. The molecule has 0 saturated heterocycles. The third kappa shape index (κ3) is 3.85. The number of hydrogen-bond acceptors (Lipinski definition) is 4. The molecule has 0 bridgehead atoms. The molecule has 0 radical (unpaired) electrons. The molecule has 2 aromatic rings. The Balaban J connectivity index is 2.32. The van der Waals surface area contributed by atoms with Crippen LogP contribution in [0.4, 0.5) is 5.69 Å². The highest BCUT2D eigenvalue weighted by molar-refractivity contribution is 9.10. The van der Waals surface area contributed by atoms with Gasteiger partial charge in [-0.05, 0) is 66.2 Å².